The average Bonchev–Trinajstić information content (AvgIpc) is 2.88. The molecular weight excluding hydrogens is 249 g/mol. The molecule has 1 saturated heterocycles. The van der Waals surface area contributed by atoms with Crippen molar-refractivity contribution in [3.8, 4) is 0 Å². The Hall–Kier alpha value is -1.69. The second kappa shape index (κ2) is 5.97. The fourth-order valence-electron chi connectivity index (χ4n) is 2.48. The molecule has 1 aromatic carbocycles. The Labute approximate surface area is 111 Å². The molecule has 1 fully saturated rings. The highest BCUT2D eigenvalue weighted by molar-refractivity contribution is 5.63. The number of rotatable bonds is 5. The molecule has 1 aliphatic rings. The topological polar surface area (TPSA) is 58.4 Å². The van der Waals surface area contributed by atoms with Crippen molar-refractivity contribution in [1.29, 1.82) is 0 Å². The molecule has 1 N–H and O–H groups in total. The molecule has 1 aromatic rings. The second-order valence-corrected chi connectivity index (χ2v) is 4.72. The van der Waals surface area contributed by atoms with Gasteiger partial charge in [-0.05, 0) is 32.4 Å². The standard InChI is InChI=1S/C13H18FN3O2/c1-2-16(9-11-4-3-7-15-11)13-8-10(14)5-6-12(13)17(18)19/h5-6,8,11,15H,2-4,7,9H2,1H3. The molecule has 0 spiro atoms. The Kier molecular flexibility index (Phi) is 4.31. The molecule has 2 rings (SSSR count). The molecule has 6 heteroatoms. The van der Waals surface area contributed by atoms with Crippen molar-refractivity contribution < 1.29 is 9.31 Å². The number of likely N-dealkylation sites (N-methyl/N-ethyl adjacent to an activating group) is 1. The predicted octanol–water partition coefficient (Wildman–Crippen LogP) is 2.31. The first-order valence-corrected chi connectivity index (χ1v) is 6.54. The van der Waals surface area contributed by atoms with Gasteiger partial charge >= 0.3 is 0 Å². The Balaban J connectivity index is 2.25. The smallest absolute Gasteiger partial charge is 0.292 e. The Morgan fingerprint density at radius 1 is 1.58 bits per heavy atom. The largest absolute Gasteiger partial charge is 0.365 e. The number of nitro benzene ring substituents is 1. The van der Waals surface area contributed by atoms with Gasteiger partial charge in [0, 0.05) is 31.3 Å². The maximum atomic E-state index is 13.4. The summed E-state index contributed by atoms with van der Waals surface area (Å²) < 4.78 is 13.4. The monoisotopic (exact) mass is 267 g/mol. The first-order chi connectivity index (χ1) is 9.11. The van der Waals surface area contributed by atoms with Gasteiger partial charge in [-0.1, -0.05) is 0 Å². The van der Waals surface area contributed by atoms with Gasteiger partial charge in [0.15, 0.2) is 0 Å². The molecule has 0 aromatic heterocycles. The van der Waals surface area contributed by atoms with Gasteiger partial charge in [-0.25, -0.2) is 4.39 Å². The van der Waals surface area contributed by atoms with Gasteiger partial charge < -0.3 is 10.2 Å². The minimum atomic E-state index is -0.459. The molecule has 1 aliphatic heterocycles. The van der Waals surface area contributed by atoms with E-state index in [1.54, 1.807) is 0 Å². The zero-order valence-electron chi connectivity index (χ0n) is 10.9. The van der Waals surface area contributed by atoms with Gasteiger partial charge in [0.05, 0.1) is 4.92 Å². The van der Waals surface area contributed by atoms with Gasteiger partial charge in [-0.15, -0.1) is 0 Å². The van der Waals surface area contributed by atoms with Gasteiger partial charge in [-0.3, -0.25) is 10.1 Å². The van der Waals surface area contributed by atoms with Crippen LogP contribution in [-0.4, -0.2) is 30.6 Å². The first kappa shape index (κ1) is 13.7. The summed E-state index contributed by atoms with van der Waals surface area (Å²) in [5.74, 6) is -0.446. The molecule has 0 bridgehead atoms. The SMILES string of the molecule is CCN(CC1CCCN1)c1cc(F)ccc1[N+](=O)[O-]. The summed E-state index contributed by atoms with van der Waals surface area (Å²) in [6.07, 6.45) is 2.17. The van der Waals surface area contributed by atoms with E-state index in [0.29, 0.717) is 24.8 Å². The molecule has 0 amide bonds. The van der Waals surface area contributed by atoms with Crippen molar-refractivity contribution in [1.82, 2.24) is 5.32 Å². The van der Waals surface area contributed by atoms with Crippen LogP contribution in [0.3, 0.4) is 0 Å². The molecule has 1 heterocycles. The third-order valence-corrected chi connectivity index (χ3v) is 3.46. The summed E-state index contributed by atoms with van der Waals surface area (Å²) in [6.45, 7) is 4.18. The summed E-state index contributed by atoms with van der Waals surface area (Å²) >= 11 is 0. The third-order valence-electron chi connectivity index (χ3n) is 3.46. The molecule has 0 saturated carbocycles. The maximum absolute atomic E-state index is 13.4. The Morgan fingerprint density at radius 2 is 2.37 bits per heavy atom. The first-order valence-electron chi connectivity index (χ1n) is 6.54. The van der Waals surface area contributed by atoms with Crippen LogP contribution in [0, 0.1) is 15.9 Å². The van der Waals surface area contributed by atoms with E-state index in [-0.39, 0.29) is 5.69 Å². The Bertz CT molecular complexity index is 461. The number of hydrogen-bond donors (Lipinski definition) is 1. The van der Waals surface area contributed by atoms with Crippen molar-refractivity contribution in [3.05, 3.63) is 34.1 Å². The van der Waals surface area contributed by atoms with E-state index in [9.17, 15) is 14.5 Å². The third kappa shape index (κ3) is 3.20. The number of hydrogen-bond acceptors (Lipinski definition) is 4. The molecular formula is C13H18FN3O2. The van der Waals surface area contributed by atoms with E-state index in [0.717, 1.165) is 25.5 Å². The lowest BCUT2D eigenvalue weighted by molar-refractivity contribution is -0.384. The average molecular weight is 267 g/mol. The van der Waals surface area contributed by atoms with Crippen LogP contribution in [0.25, 0.3) is 0 Å². The van der Waals surface area contributed by atoms with Crippen molar-refractivity contribution in [2.24, 2.45) is 0 Å². The van der Waals surface area contributed by atoms with Crippen LogP contribution in [0.15, 0.2) is 18.2 Å². The summed E-state index contributed by atoms with van der Waals surface area (Å²) in [4.78, 5) is 12.4. The number of benzene rings is 1. The molecule has 1 atom stereocenters. The van der Waals surface area contributed by atoms with Gasteiger partial charge in [0.1, 0.15) is 11.5 Å². The maximum Gasteiger partial charge on any atom is 0.292 e. The highest BCUT2D eigenvalue weighted by atomic mass is 19.1. The van der Waals surface area contributed by atoms with E-state index in [1.165, 1.54) is 12.1 Å². The van der Waals surface area contributed by atoms with Gasteiger partial charge in [0.25, 0.3) is 5.69 Å². The minimum Gasteiger partial charge on any atom is -0.365 e. The number of nitrogens with zero attached hydrogens (tertiary/aromatic N) is 2. The fraction of sp³-hybridized carbons (Fsp3) is 0.538. The lowest BCUT2D eigenvalue weighted by atomic mass is 10.2. The number of anilines is 1. The minimum absolute atomic E-state index is 0.0405. The van der Waals surface area contributed by atoms with Crippen molar-refractivity contribution in [2.75, 3.05) is 24.5 Å². The molecule has 0 aliphatic carbocycles. The van der Waals surface area contributed by atoms with E-state index >= 15 is 0 Å². The zero-order chi connectivity index (χ0) is 13.8. The molecule has 1 unspecified atom stereocenters. The van der Waals surface area contributed by atoms with Crippen LogP contribution in [0.1, 0.15) is 19.8 Å². The van der Waals surface area contributed by atoms with Crippen LogP contribution in [0.5, 0.6) is 0 Å². The predicted molar refractivity (Wildman–Crippen MR) is 72.0 cm³/mol. The zero-order valence-corrected chi connectivity index (χ0v) is 10.9. The van der Waals surface area contributed by atoms with Crippen molar-refractivity contribution in [2.45, 2.75) is 25.8 Å². The molecule has 104 valence electrons. The molecule has 5 nitrogen and oxygen atoms in total. The van der Waals surface area contributed by atoms with E-state index in [1.807, 2.05) is 11.8 Å². The normalized spacial score (nSPS) is 18.5. The lowest BCUT2D eigenvalue weighted by Gasteiger charge is -2.26. The van der Waals surface area contributed by atoms with Crippen LogP contribution < -0.4 is 10.2 Å². The molecule has 19 heavy (non-hydrogen) atoms. The number of nitro groups is 1. The van der Waals surface area contributed by atoms with Crippen molar-refractivity contribution in [3.63, 3.8) is 0 Å². The summed E-state index contributed by atoms with van der Waals surface area (Å²) in [7, 11) is 0. The summed E-state index contributed by atoms with van der Waals surface area (Å²) in [6, 6.07) is 3.93. The fourth-order valence-corrected chi connectivity index (χ4v) is 2.48. The van der Waals surface area contributed by atoms with Gasteiger partial charge in [0.2, 0.25) is 0 Å². The Morgan fingerprint density at radius 3 is 2.95 bits per heavy atom. The lowest BCUT2D eigenvalue weighted by Crippen LogP contribution is -2.37. The van der Waals surface area contributed by atoms with Crippen LogP contribution in [0.4, 0.5) is 15.8 Å². The summed E-state index contributed by atoms with van der Waals surface area (Å²) in [5, 5.41) is 14.4. The van der Waals surface area contributed by atoms with Crippen LogP contribution >= 0.6 is 0 Å². The van der Waals surface area contributed by atoms with Crippen LogP contribution in [0.2, 0.25) is 0 Å². The van der Waals surface area contributed by atoms with Crippen LogP contribution in [-0.2, 0) is 0 Å². The molecule has 0 radical (unpaired) electrons. The van der Waals surface area contributed by atoms with E-state index in [2.05, 4.69) is 5.32 Å². The van der Waals surface area contributed by atoms with E-state index in [4.69, 9.17) is 0 Å². The number of nitrogens with one attached hydrogen (secondary N) is 1. The highest BCUT2D eigenvalue weighted by Crippen LogP contribution is 2.29. The van der Waals surface area contributed by atoms with Crippen molar-refractivity contribution >= 4 is 11.4 Å². The second-order valence-electron chi connectivity index (χ2n) is 4.72. The highest BCUT2D eigenvalue weighted by Gasteiger charge is 2.23. The van der Waals surface area contributed by atoms with Gasteiger partial charge in [-0.2, -0.15) is 0 Å². The summed E-state index contributed by atoms with van der Waals surface area (Å²) in [5.41, 5.74) is 0.322. The quantitative estimate of drug-likeness (QED) is 0.657. The number of halogens is 1. The van der Waals surface area contributed by atoms with E-state index < -0.39 is 10.7 Å².